The van der Waals surface area contributed by atoms with E-state index in [0.717, 1.165) is 37.6 Å². The van der Waals surface area contributed by atoms with Gasteiger partial charge in [-0.2, -0.15) is 0 Å². The lowest BCUT2D eigenvalue weighted by atomic mass is 10.1. The maximum Gasteiger partial charge on any atom is 0.274 e. The highest BCUT2D eigenvalue weighted by Crippen LogP contribution is 2.22. The van der Waals surface area contributed by atoms with Crippen molar-refractivity contribution in [2.45, 2.75) is 6.42 Å². The number of nitrogens with zero attached hydrogens (tertiary/aromatic N) is 5. The van der Waals surface area contributed by atoms with Crippen molar-refractivity contribution in [2.24, 2.45) is 0 Å². The van der Waals surface area contributed by atoms with Crippen molar-refractivity contribution in [1.82, 2.24) is 20.2 Å². The maximum absolute atomic E-state index is 12.5. The molecule has 1 aliphatic rings. The lowest BCUT2D eigenvalue weighted by molar-refractivity contribution is 0.626. The second-order valence-electron chi connectivity index (χ2n) is 6.50. The summed E-state index contributed by atoms with van der Waals surface area (Å²) in [5.41, 5.74) is 0.839. The number of aromatic amines is 1. The van der Waals surface area contributed by atoms with Crippen LogP contribution >= 0.6 is 23.2 Å². The number of pyridine rings is 1. The van der Waals surface area contributed by atoms with Crippen LogP contribution in [0, 0.1) is 0 Å². The highest BCUT2D eigenvalue weighted by molar-refractivity contribution is 6.35. The molecule has 9 heteroatoms. The summed E-state index contributed by atoms with van der Waals surface area (Å²) in [6, 6.07) is 11.0. The molecule has 1 fully saturated rings. The van der Waals surface area contributed by atoms with Crippen LogP contribution < -0.4 is 15.4 Å². The van der Waals surface area contributed by atoms with Crippen molar-refractivity contribution in [3.63, 3.8) is 0 Å². The molecule has 0 amide bonds. The van der Waals surface area contributed by atoms with Crippen molar-refractivity contribution >= 4 is 35.0 Å². The fourth-order valence-electron chi connectivity index (χ4n) is 3.14. The highest BCUT2D eigenvalue weighted by atomic mass is 35.5. The summed E-state index contributed by atoms with van der Waals surface area (Å²) >= 11 is 12.1. The third kappa shape index (κ3) is 4.10. The zero-order chi connectivity index (χ0) is 19.5. The lowest BCUT2D eigenvalue weighted by Crippen LogP contribution is -2.48. The van der Waals surface area contributed by atoms with E-state index in [1.165, 1.54) is 0 Å². The van der Waals surface area contributed by atoms with E-state index in [-0.39, 0.29) is 5.56 Å². The average molecular weight is 417 g/mol. The van der Waals surface area contributed by atoms with E-state index in [0.29, 0.717) is 28.1 Å². The molecule has 0 spiro atoms. The molecule has 0 radical (unpaired) electrons. The van der Waals surface area contributed by atoms with Gasteiger partial charge in [0.05, 0.1) is 0 Å². The van der Waals surface area contributed by atoms with Crippen molar-refractivity contribution in [3.8, 4) is 0 Å². The number of hydrogen-bond donors (Lipinski definition) is 1. The number of anilines is 2. The molecule has 144 valence electrons. The lowest BCUT2D eigenvalue weighted by Gasteiger charge is -2.35. The topological polar surface area (TPSA) is 78.0 Å². The third-order valence-corrected chi connectivity index (χ3v) is 5.27. The minimum atomic E-state index is -0.261. The van der Waals surface area contributed by atoms with Crippen molar-refractivity contribution in [3.05, 3.63) is 74.3 Å². The number of H-pyrrole nitrogens is 1. The van der Waals surface area contributed by atoms with Gasteiger partial charge in [0.15, 0.2) is 0 Å². The molecule has 1 aromatic carbocycles. The van der Waals surface area contributed by atoms with Gasteiger partial charge >= 0.3 is 0 Å². The number of hydrogen-bond acceptors (Lipinski definition) is 6. The molecule has 28 heavy (non-hydrogen) atoms. The summed E-state index contributed by atoms with van der Waals surface area (Å²) in [6.07, 6.45) is 2.09. The molecule has 7 nitrogen and oxygen atoms in total. The molecule has 2 aromatic heterocycles. The Labute approximate surface area is 171 Å². The van der Waals surface area contributed by atoms with Gasteiger partial charge in [0.2, 0.25) is 5.95 Å². The first-order valence-corrected chi connectivity index (χ1v) is 9.66. The van der Waals surface area contributed by atoms with Crippen molar-refractivity contribution < 1.29 is 0 Å². The van der Waals surface area contributed by atoms with E-state index in [1.54, 1.807) is 24.4 Å². The molecule has 0 bridgehead atoms. The smallest absolute Gasteiger partial charge is 0.274 e. The Kier molecular flexibility index (Phi) is 5.45. The van der Waals surface area contributed by atoms with Crippen LogP contribution in [0.25, 0.3) is 0 Å². The fourth-order valence-corrected chi connectivity index (χ4v) is 3.62. The molecule has 3 aromatic rings. The number of halogens is 2. The van der Waals surface area contributed by atoms with E-state index in [4.69, 9.17) is 23.2 Å². The number of aromatic nitrogens is 4. The van der Waals surface area contributed by atoms with Gasteiger partial charge in [-0.1, -0.05) is 35.3 Å². The van der Waals surface area contributed by atoms with Gasteiger partial charge in [-0.25, -0.2) is 4.98 Å². The second-order valence-corrected chi connectivity index (χ2v) is 7.34. The summed E-state index contributed by atoms with van der Waals surface area (Å²) < 4.78 is 0. The largest absolute Gasteiger partial charge is 0.353 e. The van der Waals surface area contributed by atoms with Crippen LogP contribution in [0.15, 0.2) is 47.4 Å². The first kappa shape index (κ1) is 18.7. The minimum Gasteiger partial charge on any atom is -0.353 e. The number of rotatable bonds is 4. The normalized spacial score (nSPS) is 14.4. The van der Waals surface area contributed by atoms with E-state index in [2.05, 4.69) is 25.1 Å². The second kappa shape index (κ2) is 8.16. The third-order valence-electron chi connectivity index (χ3n) is 4.68. The number of piperazine rings is 1. The SMILES string of the molecule is O=c1[nH]c(N2CCN(c3ccccn3)CC2)nnc1Cc1ccc(Cl)cc1Cl. The Hall–Kier alpha value is -2.64. The summed E-state index contributed by atoms with van der Waals surface area (Å²) in [5, 5.41) is 9.41. The van der Waals surface area contributed by atoms with Gasteiger partial charge in [0.1, 0.15) is 11.5 Å². The van der Waals surface area contributed by atoms with Crippen LogP contribution in [-0.4, -0.2) is 46.3 Å². The Morgan fingerprint density at radius 1 is 1.00 bits per heavy atom. The zero-order valence-electron chi connectivity index (χ0n) is 15.0. The molecule has 3 heterocycles. The maximum atomic E-state index is 12.5. The van der Waals surface area contributed by atoms with Crippen LogP contribution in [0.5, 0.6) is 0 Å². The first-order chi connectivity index (χ1) is 13.6. The average Bonchev–Trinajstić information content (AvgIpc) is 2.72. The molecular formula is C19H18Cl2N6O. The molecular weight excluding hydrogens is 399 g/mol. The summed E-state index contributed by atoms with van der Waals surface area (Å²) in [7, 11) is 0. The molecule has 0 atom stereocenters. The van der Waals surface area contributed by atoms with E-state index in [9.17, 15) is 4.79 Å². The van der Waals surface area contributed by atoms with Crippen LogP contribution in [0.2, 0.25) is 10.0 Å². The van der Waals surface area contributed by atoms with E-state index >= 15 is 0 Å². The van der Waals surface area contributed by atoms with Gasteiger partial charge < -0.3 is 9.80 Å². The first-order valence-electron chi connectivity index (χ1n) is 8.91. The molecule has 0 unspecified atom stereocenters. The van der Waals surface area contributed by atoms with Gasteiger partial charge in [0.25, 0.3) is 5.56 Å². The van der Waals surface area contributed by atoms with E-state index in [1.807, 2.05) is 23.1 Å². The zero-order valence-corrected chi connectivity index (χ0v) is 16.5. The molecule has 0 aliphatic carbocycles. The molecule has 1 saturated heterocycles. The highest BCUT2D eigenvalue weighted by Gasteiger charge is 2.20. The molecule has 4 rings (SSSR count). The summed E-state index contributed by atoms with van der Waals surface area (Å²) in [6.45, 7) is 3.04. The Morgan fingerprint density at radius 3 is 2.46 bits per heavy atom. The van der Waals surface area contributed by atoms with Crippen LogP contribution in [0.1, 0.15) is 11.3 Å². The van der Waals surface area contributed by atoms with Crippen LogP contribution in [-0.2, 0) is 6.42 Å². The van der Waals surface area contributed by atoms with Crippen molar-refractivity contribution in [2.75, 3.05) is 36.0 Å². The molecule has 0 saturated carbocycles. The number of benzene rings is 1. The Bertz CT molecular complexity index is 1020. The van der Waals surface area contributed by atoms with Crippen LogP contribution in [0.3, 0.4) is 0 Å². The standard InChI is InChI=1S/C19H18Cl2N6O/c20-14-5-4-13(15(21)12-14)11-16-18(28)23-19(25-24-16)27-9-7-26(8-10-27)17-3-1-2-6-22-17/h1-6,12H,7-11H2,(H,23,25,28). The fraction of sp³-hybridized carbons (Fsp3) is 0.263. The predicted molar refractivity (Wildman–Crippen MR) is 111 cm³/mol. The Balaban J connectivity index is 1.44. The van der Waals surface area contributed by atoms with Gasteiger partial charge in [-0.15, -0.1) is 10.2 Å². The number of nitrogens with one attached hydrogen (secondary N) is 1. The quantitative estimate of drug-likeness (QED) is 0.704. The molecule has 1 aliphatic heterocycles. The van der Waals surface area contributed by atoms with Gasteiger partial charge in [-0.05, 0) is 29.8 Å². The van der Waals surface area contributed by atoms with Gasteiger partial charge in [-0.3, -0.25) is 9.78 Å². The monoisotopic (exact) mass is 416 g/mol. The van der Waals surface area contributed by atoms with Crippen molar-refractivity contribution in [1.29, 1.82) is 0 Å². The predicted octanol–water partition coefficient (Wildman–Crippen LogP) is 2.78. The summed E-state index contributed by atoms with van der Waals surface area (Å²) in [5.74, 6) is 1.44. The van der Waals surface area contributed by atoms with Gasteiger partial charge in [0, 0.05) is 48.8 Å². The summed E-state index contributed by atoms with van der Waals surface area (Å²) in [4.78, 5) is 23.9. The molecule has 1 N–H and O–H groups in total. The Morgan fingerprint density at radius 2 is 1.79 bits per heavy atom. The minimum absolute atomic E-state index is 0.261. The van der Waals surface area contributed by atoms with Crippen LogP contribution in [0.4, 0.5) is 11.8 Å². The van der Waals surface area contributed by atoms with E-state index < -0.39 is 0 Å².